The van der Waals surface area contributed by atoms with Gasteiger partial charge in [0.25, 0.3) is 0 Å². The first-order valence-electron chi connectivity index (χ1n) is 21.2. The summed E-state index contributed by atoms with van der Waals surface area (Å²) in [4.78, 5) is 10.7. The van der Waals surface area contributed by atoms with E-state index in [1.54, 1.807) is 0 Å². The Morgan fingerprint density at radius 3 is 1.65 bits per heavy atom. The second-order valence-corrected chi connectivity index (χ2v) is 16.2. The molecule has 0 saturated carbocycles. The fourth-order valence-electron chi connectivity index (χ4n) is 9.85. The number of fused-ring (bicyclic) bond motifs is 10. The van der Waals surface area contributed by atoms with Crippen molar-refractivity contribution < 1.29 is 0 Å². The fourth-order valence-corrected chi connectivity index (χ4v) is 9.85. The standard InChI is InChI=1S/C58H36N4/c1-3-15-37(16-4-1)38-27-28-40-34-42(30-29-39(40)33-38)56-48-23-9-12-24-52(48)59-58(60-56)62-54-26-14-10-20-45(54)50-35-41(31-32-55(50)62)49-36-51-46-21-11-13-25-53(46)61(43-17-5-2-6-18-43)57(51)47-22-8-7-19-44(47)49/h1-36H. The molecule has 0 atom stereocenters. The minimum Gasteiger partial charge on any atom is -0.309 e. The van der Waals surface area contributed by atoms with Crippen LogP contribution in [0.3, 0.4) is 0 Å². The molecule has 0 unspecified atom stereocenters. The number of rotatable bonds is 5. The van der Waals surface area contributed by atoms with Crippen LogP contribution >= 0.6 is 0 Å². The van der Waals surface area contributed by atoms with E-state index in [0.29, 0.717) is 5.95 Å². The van der Waals surface area contributed by atoms with Crippen LogP contribution in [0.1, 0.15) is 0 Å². The van der Waals surface area contributed by atoms with E-state index in [-0.39, 0.29) is 0 Å². The van der Waals surface area contributed by atoms with Crippen molar-refractivity contribution >= 4 is 76.1 Å². The fraction of sp³-hybridized carbons (Fsp3) is 0. The highest BCUT2D eigenvalue weighted by atomic mass is 15.2. The first-order valence-corrected chi connectivity index (χ1v) is 21.2. The molecule has 0 aliphatic heterocycles. The van der Waals surface area contributed by atoms with Gasteiger partial charge in [0, 0.05) is 43.6 Å². The summed E-state index contributed by atoms with van der Waals surface area (Å²) in [6.07, 6.45) is 0. The highest BCUT2D eigenvalue weighted by Gasteiger charge is 2.21. The quantitative estimate of drug-likeness (QED) is 0.174. The maximum Gasteiger partial charge on any atom is 0.235 e. The van der Waals surface area contributed by atoms with Crippen molar-refractivity contribution in [3.63, 3.8) is 0 Å². The molecular weight excluding hydrogens is 753 g/mol. The highest BCUT2D eigenvalue weighted by Crippen LogP contribution is 2.43. The number of aromatic nitrogens is 4. The van der Waals surface area contributed by atoms with Crippen molar-refractivity contribution in [3.05, 3.63) is 218 Å². The number of benzene rings is 10. The first-order chi connectivity index (χ1) is 30.7. The number of nitrogens with zero attached hydrogens (tertiary/aromatic N) is 4. The van der Waals surface area contributed by atoms with Gasteiger partial charge in [-0.1, -0.05) is 158 Å². The van der Waals surface area contributed by atoms with Crippen molar-refractivity contribution in [2.45, 2.75) is 0 Å². The molecule has 13 aromatic rings. The monoisotopic (exact) mass is 788 g/mol. The molecule has 10 aromatic carbocycles. The van der Waals surface area contributed by atoms with E-state index in [0.717, 1.165) is 49.7 Å². The molecule has 0 aliphatic carbocycles. The van der Waals surface area contributed by atoms with Gasteiger partial charge in [-0.25, -0.2) is 9.97 Å². The lowest BCUT2D eigenvalue weighted by atomic mass is 9.94. The predicted molar refractivity (Wildman–Crippen MR) is 260 cm³/mol. The van der Waals surface area contributed by atoms with Crippen LogP contribution in [-0.2, 0) is 0 Å². The van der Waals surface area contributed by atoms with Gasteiger partial charge in [0.1, 0.15) is 0 Å². The number of para-hydroxylation sites is 4. The third-order valence-corrected chi connectivity index (χ3v) is 12.7. The van der Waals surface area contributed by atoms with E-state index >= 15 is 0 Å². The van der Waals surface area contributed by atoms with Gasteiger partial charge < -0.3 is 4.57 Å². The molecule has 3 heterocycles. The molecule has 0 fully saturated rings. The minimum absolute atomic E-state index is 0.651. The predicted octanol–water partition coefficient (Wildman–Crippen LogP) is 15.1. The third kappa shape index (κ3) is 5.27. The zero-order chi connectivity index (χ0) is 40.7. The van der Waals surface area contributed by atoms with Gasteiger partial charge in [-0.15, -0.1) is 0 Å². The van der Waals surface area contributed by atoms with Crippen molar-refractivity contribution in [2.24, 2.45) is 0 Å². The van der Waals surface area contributed by atoms with E-state index in [4.69, 9.17) is 9.97 Å². The average molecular weight is 789 g/mol. The van der Waals surface area contributed by atoms with Gasteiger partial charge in [-0.3, -0.25) is 4.57 Å². The second kappa shape index (κ2) is 13.6. The van der Waals surface area contributed by atoms with E-state index in [1.165, 1.54) is 65.6 Å². The molecule has 0 aliphatic rings. The molecular formula is C58H36N4. The largest absolute Gasteiger partial charge is 0.309 e. The van der Waals surface area contributed by atoms with E-state index in [1.807, 2.05) is 0 Å². The van der Waals surface area contributed by atoms with Gasteiger partial charge in [0.05, 0.1) is 33.3 Å². The molecule has 0 saturated heterocycles. The molecule has 4 nitrogen and oxygen atoms in total. The first kappa shape index (κ1) is 34.5. The van der Waals surface area contributed by atoms with Crippen LogP contribution in [0.2, 0.25) is 0 Å². The summed E-state index contributed by atoms with van der Waals surface area (Å²) in [6, 6.07) is 78.6. The van der Waals surface area contributed by atoms with E-state index < -0.39 is 0 Å². The number of hydrogen-bond acceptors (Lipinski definition) is 2. The molecule has 0 N–H and O–H groups in total. The second-order valence-electron chi connectivity index (χ2n) is 16.2. The van der Waals surface area contributed by atoms with Crippen molar-refractivity contribution in [3.8, 4) is 45.1 Å². The molecule has 0 spiro atoms. The van der Waals surface area contributed by atoms with Crippen molar-refractivity contribution in [2.75, 3.05) is 0 Å². The van der Waals surface area contributed by atoms with E-state index in [9.17, 15) is 0 Å². The Hall–Kier alpha value is -8.34. The normalized spacial score (nSPS) is 11.9. The lowest BCUT2D eigenvalue weighted by Gasteiger charge is -2.14. The molecule has 4 heteroatoms. The van der Waals surface area contributed by atoms with E-state index in [2.05, 4.69) is 228 Å². The van der Waals surface area contributed by atoms with Gasteiger partial charge in [0.15, 0.2) is 0 Å². The highest BCUT2D eigenvalue weighted by molar-refractivity contribution is 6.22. The summed E-state index contributed by atoms with van der Waals surface area (Å²) < 4.78 is 4.66. The van der Waals surface area contributed by atoms with Gasteiger partial charge in [0.2, 0.25) is 5.95 Å². The molecule has 0 bridgehead atoms. The Labute approximate surface area is 357 Å². The molecule has 13 rings (SSSR count). The SMILES string of the molecule is c1ccc(-c2ccc3cc(-c4nc(-n5c6ccccc6c6cc(-c7cc8c9ccccc9n(-c9ccccc9)c8c8ccccc78)ccc65)nc5ccccc45)ccc3c2)cc1. The maximum absolute atomic E-state index is 5.45. The Kier molecular flexibility index (Phi) is 7.57. The zero-order valence-electron chi connectivity index (χ0n) is 33.6. The minimum atomic E-state index is 0.651. The van der Waals surface area contributed by atoms with Crippen LogP contribution in [0.25, 0.3) is 121 Å². The molecule has 3 aromatic heterocycles. The molecule has 62 heavy (non-hydrogen) atoms. The summed E-state index contributed by atoms with van der Waals surface area (Å²) in [5.41, 5.74) is 13.4. The van der Waals surface area contributed by atoms with Crippen molar-refractivity contribution in [1.29, 1.82) is 0 Å². The van der Waals surface area contributed by atoms with Crippen molar-refractivity contribution in [1.82, 2.24) is 19.1 Å². The Bertz CT molecular complexity index is 3920. The molecule has 288 valence electrons. The van der Waals surface area contributed by atoms with Crippen LogP contribution in [0.5, 0.6) is 0 Å². The smallest absolute Gasteiger partial charge is 0.235 e. The van der Waals surface area contributed by atoms with Crippen LogP contribution in [0.15, 0.2) is 218 Å². The summed E-state index contributed by atoms with van der Waals surface area (Å²) >= 11 is 0. The van der Waals surface area contributed by atoms with Gasteiger partial charge >= 0.3 is 0 Å². The number of hydrogen-bond donors (Lipinski definition) is 0. The van der Waals surface area contributed by atoms with Gasteiger partial charge in [-0.2, -0.15) is 0 Å². The third-order valence-electron chi connectivity index (χ3n) is 12.7. The van der Waals surface area contributed by atoms with Crippen LogP contribution in [0, 0.1) is 0 Å². The maximum atomic E-state index is 5.45. The topological polar surface area (TPSA) is 35.6 Å². The lowest BCUT2D eigenvalue weighted by Crippen LogP contribution is -2.03. The Morgan fingerprint density at radius 2 is 0.871 bits per heavy atom. The Balaban J connectivity index is 1.00. The summed E-state index contributed by atoms with van der Waals surface area (Å²) in [6.45, 7) is 0. The Morgan fingerprint density at radius 1 is 0.306 bits per heavy atom. The summed E-state index contributed by atoms with van der Waals surface area (Å²) in [7, 11) is 0. The van der Waals surface area contributed by atoms with Crippen LogP contribution in [0.4, 0.5) is 0 Å². The van der Waals surface area contributed by atoms with Crippen LogP contribution in [-0.4, -0.2) is 19.1 Å². The van der Waals surface area contributed by atoms with Gasteiger partial charge in [-0.05, 0) is 99.1 Å². The molecule has 0 amide bonds. The molecule has 0 radical (unpaired) electrons. The summed E-state index contributed by atoms with van der Waals surface area (Å²) in [5, 5.41) is 10.6. The lowest BCUT2D eigenvalue weighted by molar-refractivity contribution is 1.01. The summed E-state index contributed by atoms with van der Waals surface area (Å²) in [5.74, 6) is 0.651. The van der Waals surface area contributed by atoms with Crippen LogP contribution < -0.4 is 0 Å². The zero-order valence-corrected chi connectivity index (χ0v) is 33.6. The average Bonchev–Trinajstić information content (AvgIpc) is 3.86.